The third-order valence-corrected chi connectivity index (χ3v) is 8.60. The summed E-state index contributed by atoms with van der Waals surface area (Å²) in [6, 6.07) is 2.12. The lowest BCUT2D eigenvalue weighted by molar-refractivity contribution is 0.193. The van der Waals surface area contributed by atoms with Crippen LogP contribution in [0.15, 0.2) is 0 Å². The average molecular weight is 535 g/mol. The van der Waals surface area contributed by atoms with Gasteiger partial charge in [-0.2, -0.15) is 15.7 Å². The van der Waals surface area contributed by atoms with E-state index in [0.29, 0.717) is 18.7 Å². The van der Waals surface area contributed by atoms with Crippen molar-refractivity contribution in [1.29, 1.82) is 5.26 Å². The van der Waals surface area contributed by atoms with Gasteiger partial charge in [0, 0.05) is 32.1 Å². The number of aromatic amines is 2. The van der Waals surface area contributed by atoms with E-state index in [-0.39, 0.29) is 16.5 Å². The molecule has 0 amide bonds. The summed E-state index contributed by atoms with van der Waals surface area (Å²) in [5.41, 5.74) is 5.56. The second-order valence-electron chi connectivity index (χ2n) is 11.4. The molecule has 3 aliphatic rings. The lowest BCUT2D eigenvalue weighted by Gasteiger charge is -2.35. The van der Waals surface area contributed by atoms with Crippen molar-refractivity contribution in [2.75, 3.05) is 6.54 Å². The van der Waals surface area contributed by atoms with E-state index in [4.69, 9.17) is 24.1 Å². The smallest absolute Gasteiger partial charge is 0.245 e. The Morgan fingerprint density at radius 3 is 1.59 bits per heavy atom. The van der Waals surface area contributed by atoms with Crippen LogP contribution in [0.5, 0.6) is 0 Å². The van der Waals surface area contributed by atoms with Gasteiger partial charge in [-0.05, 0) is 50.5 Å². The summed E-state index contributed by atoms with van der Waals surface area (Å²) < 4.78 is 0. The molecule has 12 heteroatoms. The molecule has 4 N–H and O–H groups in total. The summed E-state index contributed by atoms with van der Waals surface area (Å²) in [5.74, 6) is 1.47. The molecular formula is C27H42N12. The molecule has 0 aliphatic heterocycles. The first-order valence-corrected chi connectivity index (χ1v) is 14.3. The predicted molar refractivity (Wildman–Crippen MR) is 145 cm³/mol. The second kappa shape index (κ2) is 15.2. The second-order valence-corrected chi connectivity index (χ2v) is 11.4. The highest BCUT2D eigenvalue weighted by molar-refractivity contribution is 5.06. The molecule has 210 valence electrons. The summed E-state index contributed by atoms with van der Waals surface area (Å²) in [6.07, 6.45) is 19.2. The average Bonchev–Trinajstić information content (AvgIpc) is 3.70. The first-order chi connectivity index (χ1) is 19.0. The number of nitriles is 1. The number of nitrogens with two attached hydrogens (primary N) is 1. The van der Waals surface area contributed by atoms with E-state index in [1.165, 1.54) is 44.9 Å². The van der Waals surface area contributed by atoms with E-state index in [1.807, 2.05) is 0 Å². The molecule has 2 aromatic heterocycles. The van der Waals surface area contributed by atoms with E-state index in [2.05, 4.69) is 57.0 Å². The molecule has 0 spiro atoms. The standard InChI is InChI=1S/C9H13N5.C9H17N5.C9H12N2/c1-10-9(5-3-2-4-6-9)7-8-11-13-14-12-8;10-7-9(4-2-1-3-5-9)6-8-11-13-14-12-8;1-11-9(7-8-10)5-3-2-4-6-9/h2-7H2,(H,11,12,13,14);1-7,10H2,(H,11,12,13,14);2-7H2. The fourth-order valence-corrected chi connectivity index (χ4v) is 6.12. The van der Waals surface area contributed by atoms with Crippen LogP contribution in [0.2, 0.25) is 0 Å². The highest BCUT2D eigenvalue weighted by atomic mass is 15.5. The number of hydrogen-bond acceptors (Lipinski definition) is 8. The van der Waals surface area contributed by atoms with Gasteiger partial charge in [0.2, 0.25) is 11.1 Å². The Morgan fingerprint density at radius 2 is 1.18 bits per heavy atom. The number of tetrazole rings is 2. The van der Waals surface area contributed by atoms with Crippen molar-refractivity contribution in [2.24, 2.45) is 11.1 Å². The number of H-pyrrole nitrogens is 2. The van der Waals surface area contributed by atoms with Gasteiger partial charge in [-0.3, -0.25) is 0 Å². The number of nitrogens with one attached hydrogen (secondary N) is 2. The van der Waals surface area contributed by atoms with Gasteiger partial charge < -0.3 is 15.4 Å². The Labute approximate surface area is 231 Å². The van der Waals surface area contributed by atoms with Gasteiger partial charge in [0.15, 0.2) is 11.6 Å². The van der Waals surface area contributed by atoms with Crippen LogP contribution in [-0.4, -0.2) is 58.9 Å². The number of hydrogen-bond donors (Lipinski definition) is 3. The third-order valence-electron chi connectivity index (χ3n) is 8.60. The van der Waals surface area contributed by atoms with Gasteiger partial charge in [-0.1, -0.05) is 42.5 Å². The van der Waals surface area contributed by atoms with Crippen molar-refractivity contribution in [1.82, 2.24) is 41.2 Å². The van der Waals surface area contributed by atoms with Gasteiger partial charge in [-0.15, -0.1) is 20.4 Å². The minimum absolute atomic E-state index is 0.238. The van der Waals surface area contributed by atoms with Crippen LogP contribution in [0.25, 0.3) is 9.69 Å². The van der Waals surface area contributed by atoms with Crippen molar-refractivity contribution in [2.45, 2.75) is 127 Å². The number of nitrogens with zero attached hydrogens (tertiary/aromatic N) is 9. The molecule has 3 aliphatic carbocycles. The summed E-state index contributed by atoms with van der Waals surface area (Å²) in [7, 11) is 0. The van der Waals surface area contributed by atoms with Crippen LogP contribution in [-0.2, 0) is 12.8 Å². The highest BCUT2D eigenvalue weighted by Gasteiger charge is 2.40. The molecule has 0 unspecified atom stereocenters. The fraction of sp³-hybridized carbons (Fsp3) is 0.815. The Bertz CT molecular complexity index is 1060. The van der Waals surface area contributed by atoms with E-state index in [1.54, 1.807) is 0 Å². The normalized spacial score (nSPS) is 20.9. The summed E-state index contributed by atoms with van der Waals surface area (Å²) >= 11 is 0. The van der Waals surface area contributed by atoms with E-state index in [0.717, 1.165) is 70.2 Å². The topological polar surface area (TPSA) is 167 Å². The van der Waals surface area contributed by atoms with Crippen molar-refractivity contribution in [3.8, 4) is 6.07 Å². The SMILES string of the molecule is NCC1(Cc2nn[nH]n2)CCCCC1.[C-]#[N+]C1(CC#N)CCCCC1.[C-]#[N+]C1(Cc2nn[nH]n2)CCCCC1. The molecule has 12 nitrogen and oxygen atoms in total. The van der Waals surface area contributed by atoms with Gasteiger partial charge in [0.1, 0.15) is 6.42 Å². The Kier molecular flexibility index (Phi) is 11.8. The molecule has 0 saturated heterocycles. The van der Waals surface area contributed by atoms with Gasteiger partial charge in [-0.25, -0.2) is 13.1 Å². The molecule has 0 aromatic carbocycles. The molecular weight excluding hydrogens is 492 g/mol. The lowest BCUT2D eigenvalue weighted by atomic mass is 9.72. The molecule has 3 fully saturated rings. The molecule has 3 saturated carbocycles. The van der Waals surface area contributed by atoms with Crippen LogP contribution in [0.4, 0.5) is 0 Å². The largest absolute Gasteiger partial charge is 0.330 e. The monoisotopic (exact) mass is 534 g/mol. The van der Waals surface area contributed by atoms with Crippen LogP contribution >= 0.6 is 0 Å². The van der Waals surface area contributed by atoms with Crippen LogP contribution in [0.3, 0.4) is 0 Å². The Hall–Kier alpha value is -3.43. The molecule has 0 bridgehead atoms. The highest BCUT2D eigenvalue weighted by Crippen LogP contribution is 2.38. The number of aromatic nitrogens is 8. The van der Waals surface area contributed by atoms with E-state index >= 15 is 0 Å². The van der Waals surface area contributed by atoms with Gasteiger partial charge in [0.25, 0.3) is 0 Å². The molecule has 2 heterocycles. The van der Waals surface area contributed by atoms with Crippen molar-refractivity contribution >= 4 is 0 Å². The minimum Gasteiger partial charge on any atom is -0.330 e. The molecule has 2 aromatic rings. The van der Waals surface area contributed by atoms with E-state index in [9.17, 15) is 0 Å². The van der Waals surface area contributed by atoms with E-state index < -0.39 is 0 Å². The van der Waals surface area contributed by atoms with Crippen molar-refractivity contribution in [3.05, 3.63) is 34.5 Å². The maximum absolute atomic E-state index is 8.52. The molecule has 39 heavy (non-hydrogen) atoms. The predicted octanol–water partition coefficient (Wildman–Crippen LogP) is 4.54. The fourth-order valence-electron chi connectivity index (χ4n) is 6.12. The maximum Gasteiger partial charge on any atom is 0.245 e. The first-order valence-electron chi connectivity index (χ1n) is 14.3. The summed E-state index contributed by atoms with van der Waals surface area (Å²) in [4.78, 5) is 7.38. The Morgan fingerprint density at radius 1 is 0.718 bits per heavy atom. The molecule has 5 rings (SSSR count). The number of rotatable bonds is 6. The molecule has 0 radical (unpaired) electrons. The zero-order chi connectivity index (χ0) is 27.9. The Balaban J connectivity index is 0.000000163. The van der Waals surface area contributed by atoms with Crippen molar-refractivity contribution in [3.63, 3.8) is 0 Å². The van der Waals surface area contributed by atoms with Gasteiger partial charge >= 0.3 is 0 Å². The van der Waals surface area contributed by atoms with Crippen molar-refractivity contribution < 1.29 is 0 Å². The third kappa shape index (κ3) is 9.07. The lowest BCUT2D eigenvalue weighted by Crippen LogP contribution is -2.35. The van der Waals surface area contributed by atoms with Gasteiger partial charge in [0.05, 0.1) is 12.5 Å². The van der Waals surface area contributed by atoms with Crippen LogP contribution in [0, 0.1) is 29.9 Å². The summed E-state index contributed by atoms with van der Waals surface area (Å²) in [5, 5.41) is 36.4. The quantitative estimate of drug-likeness (QED) is 0.454. The first kappa shape index (κ1) is 30.1. The zero-order valence-corrected chi connectivity index (χ0v) is 23.0. The van der Waals surface area contributed by atoms with Crippen LogP contribution in [0.1, 0.15) is 114 Å². The van der Waals surface area contributed by atoms with Crippen LogP contribution < -0.4 is 5.73 Å². The maximum atomic E-state index is 8.52. The zero-order valence-electron chi connectivity index (χ0n) is 23.0. The molecule has 0 atom stereocenters. The minimum atomic E-state index is -0.299. The summed E-state index contributed by atoms with van der Waals surface area (Å²) in [6.45, 7) is 15.0.